The van der Waals surface area contributed by atoms with Gasteiger partial charge in [-0.3, -0.25) is 4.79 Å². The van der Waals surface area contributed by atoms with Gasteiger partial charge in [0.15, 0.2) is 11.3 Å². The van der Waals surface area contributed by atoms with Gasteiger partial charge in [-0.25, -0.2) is 0 Å². The van der Waals surface area contributed by atoms with E-state index in [1.165, 1.54) is 0 Å². The molecule has 0 saturated heterocycles. The molecule has 0 bridgehead atoms. The Balaban J connectivity index is 2.76. The Kier molecular flexibility index (Phi) is 1.94. The molecule has 0 aromatic carbocycles. The minimum Gasteiger partial charge on any atom is -0.312 e. The molecule has 1 fully saturated rings. The van der Waals surface area contributed by atoms with Crippen LogP contribution in [0.25, 0.3) is 0 Å². The molecule has 0 heterocycles. The highest BCUT2D eigenvalue weighted by molar-refractivity contribution is 5.92. The SMILES string of the molecule is CC(N)(C(=O)C1CC1)C(F)(F)F. The van der Waals surface area contributed by atoms with E-state index in [-0.39, 0.29) is 0 Å². The van der Waals surface area contributed by atoms with Crippen LogP contribution in [0.1, 0.15) is 19.8 Å². The molecular formula is C7H10F3NO. The molecule has 0 aromatic rings. The predicted molar refractivity (Wildman–Crippen MR) is 36.4 cm³/mol. The molecule has 0 amide bonds. The predicted octanol–water partition coefficient (Wildman–Crippen LogP) is 1.25. The molecule has 70 valence electrons. The van der Waals surface area contributed by atoms with Crippen molar-refractivity contribution < 1.29 is 18.0 Å². The van der Waals surface area contributed by atoms with Crippen LogP contribution in [-0.4, -0.2) is 17.5 Å². The monoisotopic (exact) mass is 181 g/mol. The number of rotatable bonds is 2. The molecule has 1 rings (SSSR count). The number of alkyl halides is 3. The molecule has 1 atom stereocenters. The van der Waals surface area contributed by atoms with E-state index in [9.17, 15) is 18.0 Å². The Labute approximate surface area is 67.9 Å². The smallest absolute Gasteiger partial charge is 0.312 e. The zero-order valence-corrected chi connectivity index (χ0v) is 6.61. The third kappa shape index (κ3) is 1.46. The molecule has 5 heteroatoms. The Morgan fingerprint density at radius 2 is 1.83 bits per heavy atom. The van der Waals surface area contributed by atoms with Crippen LogP contribution in [-0.2, 0) is 4.79 Å². The Hall–Kier alpha value is -0.580. The highest BCUT2D eigenvalue weighted by Gasteiger charge is 2.56. The third-order valence-corrected chi connectivity index (χ3v) is 2.05. The molecule has 2 nitrogen and oxygen atoms in total. The van der Waals surface area contributed by atoms with Gasteiger partial charge in [-0.15, -0.1) is 0 Å². The maximum atomic E-state index is 12.1. The zero-order chi connectivity index (χ0) is 9.57. The maximum Gasteiger partial charge on any atom is 0.413 e. The number of nitrogens with two attached hydrogens (primary N) is 1. The largest absolute Gasteiger partial charge is 0.413 e. The van der Waals surface area contributed by atoms with Crippen molar-refractivity contribution in [2.45, 2.75) is 31.5 Å². The summed E-state index contributed by atoms with van der Waals surface area (Å²) >= 11 is 0. The maximum absolute atomic E-state index is 12.1. The van der Waals surface area contributed by atoms with Gasteiger partial charge in [0.1, 0.15) is 0 Å². The van der Waals surface area contributed by atoms with Crippen LogP contribution in [0.15, 0.2) is 0 Å². The van der Waals surface area contributed by atoms with Crippen molar-refractivity contribution in [3.63, 3.8) is 0 Å². The Bertz CT molecular complexity index is 205. The molecule has 0 radical (unpaired) electrons. The number of halogens is 3. The molecular weight excluding hydrogens is 171 g/mol. The van der Waals surface area contributed by atoms with Crippen LogP contribution in [0.4, 0.5) is 13.2 Å². The van der Waals surface area contributed by atoms with Gasteiger partial charge >= 0.3 is 6.18 Å². The van der Waals surface area contributed by atoms with Gasteiger partial charge in [0.25, 0.3) is 0 Å². The number of Topliss-reactive ketones (excluding diaryl/α,β-unsaturated/α-hetero) is 1. The summed E-state index contributed by atoms with van der Waals surface area (Å²) in [5.41, 5.74) is 2.25. The molecule has 0 spiro atoms. The van der Waals surface area contributed by atoms with Gasteiger partial charge in [-0.05, 0) is 19.8 Å². The number of carbonyl (C=O) groups is 1. The van der Waals surface area contributed by atoms with Crippen LogP contribution in [0.2, 0.25) is 0 Å². The lowest BCUT2D eigenvalue weighted by atomic mass is 9.94. The van der Waals surface area contributed by atoms with Gasteiger partial charge in [0.2, 0.25) is 0 Å². The van der Waals surface area contributed by atoms with Gasteiger partial charge in [-0.2, -0.15) is 13.2 Å². The third-order valence-electron chi connectivity index (χ3n) is 2.05. The number of hydrogen-bond acceptors (Lipinski definition) is 2. The first-order valence-corrected chi connectivity index (χ1v) is 3.66. The van der Waals surface area contributed by atoms with Crippen LogP contribution >= 0.6 is 0 Å². The van der Waals surface area contributed by atoms with E-state index >= 15 is 0 Å². The number of ketones is 1. The second kappa shape index (κ2) is 2.45. The first kappa shape index (κ1) is 9.51. The van der Waals surface area contributed by atoms with Crippen molar-refractivity contribution >= 4 is 5.78 Å². The van der Waals surface area contributed by atoms with Crippen molar-refractivity contribution in [2.75, 3.05) is 0 Å². The normalized spacial score (nSPS) is 23.4. The summed E-state index contributed by atoms with van der Waals surface area (Å²) in [5.74, 6) is -1.34. The summed E-state index contributed by atoms with van der Waals surface area (Å²) < 4.78 is 36.4. The van der Waals surface area contributed by atoms with Gasteiger partial charge in [0.05, 0.1) is 0 Å². The summed E-state index contributed by atoms with van der Waals surface area (Å²) in [5, 5.41) is 0. The fourth-order valence-electron chi connectivity index (χ4n) is 0.909. The second-order valence-electron chi connectivity index (χ2n) is 3.34. The van der Waals surface area contributed by atoms with Crippen molar-refractivity contribution in [3.8, 4) is 0 Å². The van der Waals surface area contributed by atoms with E-state index < -0.39 is 23.4 Å². The van der Waals surface area contributed by atoms with Crippen molar-refractivity contribution in [3.05, 3.63) is 0 Å². The van der Waals surface area contributed by atoms with E-state index in [0.717, 1.165) is 6.92 Å². The quantitative estimate of drug-likeness (QED) is 0.696. The lowest BCUT2D eigenvalue weighted by Gasteiger charge is -2.25. The second-order valence-corrected chi connectivity index (χ2v) is 3.34. The lowest BCUT2D eigenvalue weighted by molar-refractivity contribution is -0.186. The van der Waals surface area contributed by atoms with Crippen LogP contribution in [0.3, 0.4) is 0 Å². The highest BCUT2D eigenvalue weighted by atomic mass is 19.4. The first-order valence-electron chi connectivity index (χ1n) is 3.66. The van der Waals surface area contributed by atoms with E-state index in [1.807, 2.05) is 0 Å². The summed E-state index contributed by atoms with van der Waals surface area (Å²) in [6, 6.07) is 0. The summed E-state index contributed by atoms with van der Waals surface area (Å²) in [4.78, 5) is 11.0. The van der Waals surface area contributed by atoms with Gasteiger partial charge in [0, 0.05) is 5.92 Å². The van der Waals surface area contributed by atoms with Crippen LogP contribution < -0.4 is 5.73 Å². The van der Waals surface area contributed by atoms with Crippen molar-refractivity contribution in [1.29, 1.82) is 0 Å². The average molecular weight is 181 g/mol. The molecule has 1 aliphatic carbocycles. The van der Waals surface area contributed by atoms with Gasteiger partial charge in [-0.1, -0.05) is 0 Å². The molecule has 1 saturated carbocycles. The average Bonchev–Trinajstić information content (AvgIpc) is 2.64. The van der Waals surface area contributed by atoms with E-state index in [4.69, 9.17) is 5.73 Å². The Morgan fingerprint density at radius 1 is 1.42 bits per heavy atom. The summed E-state index contributed by atoms with van der Waals surface area (Å²) in [7, 11) is 0. The van der Waals surface area contributed by atoms with E-state index in [0.29, 0.717) is 12.8 Å². The Morgan fingerprint density at radius 3 is 2.08 bits per heavy atom. The minimum atomic E-state index is -4.63. The fraction of sp³-hybridized carbons (Fsp3) is 0.857. The molecule has 1 aliphatic rings. The molecule has 2 N–H and O–H groups in total. The van der Waals surface area contributed by atoms with Crippen LogP contribution in [0.5, 0.6) is 0 Å². The summed E-state index contributed by atoms with van der Waals surface area (Å²) in [6.07, 6.45) is -3.55. The topological polar surface area (TPSA) is 43.1 Å². The number of carbonyl (C=O) groups excluding carboxylic acids is 1. The molecule has 0 aromatic heterocycles. The molecule has 0 aliphatic heterocycles. The summed E-state index contributed by atoms with van der Waals surface area (Å²) in [6.45, 7) is 0.730. The number of hydrogen-bond donors (Lipinski definition) is 1. The van der Waals surface area contributed by atoms with Crippen molar-refractivity contribution in [2.24, 2.45) is 11.7 Å². The van der Waals surface area contributed by atoms with E-state index in [2.05, 4.69) is 0 Å². The highest BCUT2D eigenvalue weighted by Crippen LogP contribution is 2.38. The van der Waals surface area contributed by atoms with Crippen molar-refractivity contribution in [1.82, 2.24) is 0 Å². The fourth-order valence-corrected chi connectivity index (χ4v) is 0.909. The standard InChI is InChI=1S/C7H10F3NO/c1-6(11,7(8,9)10)5(12)4-2-3-4/h4H,2-3,11H2,1H3. The molecule has 12 heavy (non-hydrogen) atoms. The van der Waals surface area contributed by atoms with Crippen LogP contribution in [0, 0.1) is 5.92 Å². The molecule has 1 unspecified atom stereocenters. The van der Waals surface area contributed by atoms with Gasteiger partial charge < -0.3 is 5.73 Å². The minimum absolute atomic E-state index is 0.457. The first-order chi connectivity index (χ1) is 5.27. The van der Waals surface area contributed by atoms with E-state index in [1.54, 1.807) is 0 Å². The zero-order valence-electron chi connectivity index (χ0n) is 6.61. The lowest BCUT2D eigenvalue weighted by Crippen LogP contribution is -2.57.